The summed E-state index contributed by atoms with van der Waals surface area (Å²) in [5.74, 6) is 2.56. The van der Waals surface area contributed by atoms with Gasteiger partial charge in [0.2, 0.25) is 0 Å². The van der Waals surface area contributed by atoms with Gasteiger partial charge in [-0.1, -0.05) is 19.8 Å². The van der Waals surface area contributed by atoms with Crippen molar-refractivity contribution < 1.29 is 9.47 Å². The van der Waals surface area contributed by atoms with Gasteiger partial charge in [0.1, 0.15) is 13.2 Å². The number of rotatable bonds is 3. The zero-order chi connectivity index (χ0) is 12.4. The molecule has 0 bridgehead atoms. The first-order valence-corrected chi connectivity index (χ1v) is 7.03. The molecule has 98 valence electrons. The molecular weight excluding hydrogens is 226 g/mol. The molecule has 3 rings (SSSR count). The number of nitrogens with one attached hydrogen (secondary N) is 1. The van der Waals surface area contributed by atoms with Crippen LogP contribution in [0.4, 0.5) is 5.69 Å². The third kappa shape index (κ3) is 2.26. The van der Waals surface area contributed by atoms with E-state index >= 15 is 0 Å². The van der Waals surface area contributed by atoms with Crippen molar-refractivity contribution in [1.29, 1.82) is 0 Å². The van der Waals surface area contributed by atoms with E-state index < -0.39 is 0 Å². The fraction of sp³-hybridized carbons (Fsp3) is 0.600. The van der Waals surface area contributed by atoms with Crippen molar-refractivity contribution >= 4 is 5.69 Å². The summed E-state index contributed by atoms with van der Waals surface area (Å²) in [4.78, 5) is 0. The Labute approximate surface area is 108 Å². The third-order valence-corrected chi connectivity index (χ3v) is 4.08. The van der Waals surface area contributed by atoms with Gasteiger partial charge in [0.05, 0.1) is 0 Å². The Bertz CT molecular complexity index is 419. The van der Waals surface area contributed by atoms with Crippen LogP contribution in [0.15, 0.2) is 18.2 Å². The fourth-order valence-electron chi connectivity index (χ4n) is 3.06. The van der Waals surface area contributed by atoms with Crippen molar-refractivity contribution in [3.63, 3.8) is 0 Å². The Morgan fingerprint density at radius 3 is 2.83 bits per heavy atom. The van der Waals surface area contributed by atoms with E-state index in [1.807, 2.05) is 6.07 Å². The summed E-state index contributed by atoms with van der Waals surface area (Å²) in [7, 11) is 0. The SMILES string of the molecule is CCC1CCCC1Nc1ccc2c(c1)OCCO2. The molecular formula is C15H21NO2. The lowest BCUT2D eigenvalue weighted by Crippen LogP contribution is -2.23. The van der Waals surface area contributed by atoms with Crippen molar-refractivity contribution in [2.75, 3.05) is 18.5 Å². The molecule has 0 saturated heterocycles. The van der Waals surface area contributed by atoms with E-state index in [9.17, 15) is 0 Å². The van der Waals surface area contributed by atoms with E-state index in [2.05, 4.69) is 24.4 Å². The van der Waals surface area contributed by atoms with Crippen LogP contribution in [-0.4, -0.2) is 19.3 Å². The second-order valence-corrected chi connectivity index (χ2v) is 5.21. The molecule has 1 aromatic rings. The van der Waals surface area contributed by atoms with Crippen molar-refractivity contribution in [1.82, 2.24) is 0 Å². The van der Waals surface area contributed by atoms with Gasteiger partial charge in [0.15, 0.2) is 11.5 Å². The number of benzene rings is 1. The van der Waals surface area contributed by atoms with Crippen molar-refractivity contribution in [3.05, 3.63) is 18.2 Å². The monoisotopic (exact) mass is 247 g/mol. The van der Waals surface area contributed by atoms with Gasteiger partial charge < -0.3 is 14.8 Å². The molecule has 0 aromatic heterocycles. The Morgan fingerprint density at radius 1 is 1.17 bits per heavy atom. The molecule has 2 aliphatic rings. The van der Waals surface area contributed by atoms with Gasteiger partial charge in [-0.2, -0.15) is 0 Å². The van der Waals surface area contributed by atoms with E-state index in [-0.39, 0.29) is 0 Å². The van der Waals surface area contributed by atoms with E-state index in [0.717, 1.165) is 23.1 Å². The van der Waals surface area contributed by atoms with Gasteiger partial charge in [0, 0.05) is 17.8 Å². The second kappa shape index (κ2) is 5.09. The van der Waals surface area contributed by atoms with Crippen LogP contribution < -0.4 is 14.8 Å². The maximum absolute atomic E-state index is 5.62. The molecule has 0 spiro atoms. The largest absolute Gasteiger partial charge is 0.486 e. The molecule has 0 radical (unpaired) electrons. The van der Waals surface area contributed by atoms with Gasteiger partial charge in [-0.15, -0.1) is 0 Å². The van der Waals surface area contributed by atoms with Crippen LogP contribution in [0.5, 0.6) is 11.5 Å². The average Bonchev–Trinajstić information content (AvgIpc) is 2.86. The molecule has 1 saturated carbocycles. The highest BCUT2D eigenvalue weighted by molar-refractivity contribution is 5.55. The van der Waals surface area contributed by atoms with Crippen molar-refractivity contribution in [2.45, 2.75) is 38.6 Å². The first kappa shape index (κ1) is 11.7. The number of ether oxygens (including phenoxy) is 2. The average molecular weight is 247 g/mol. The number of hydrogen-bond acceptors (Lipinski definition) is 3. The Morgan fingerprint density at radius 2 is 2.00 bits per heavy atom. The topological polar surface area (TPSA) is 30.5 Å². The molecule has 1 fully saturated rings. The summed E-state index contributed by atoms with van der Waals surface area (Å²) in [6, 6.07) is 6.79. The normalized spacial score (nSPS) is 26.1. The predicted octanol–water partition coefficient (Wildman–Crippen LogP) is 3.45. The van der Waals surface area contributed by atoms with Gasteiger partial charge in [-0.05, 0) is 30.9 Å². The Hall–Kier alpha value is -1.38. The minimum Gasteiger partial charge on any atom is -0.486 e. The number of fused-ring (bicyclic) bond motifs is 1. The lowest BCUT2D eigenvalue weighted by molar-refractivity contribution is 0.171. The van der Waals surface area contributed by atoms with E-state index in [1.165, 1.54) is 25.7 Å². The lowest BCUT2D eigenvalue weighted by atomic mass is 10.0. The van der Waals surface area contributed by atoms with Crippen LogP contribution in [0.3, 0.4) is 0 Å². The standard InChI is InChI=1S/C15H21NO2/c1-2-11-4-3-5-13(11)16-12-6-7-14-15(10-12)18-9-8-17-14/h6-7,10-11,13,16H,2-5,8-9H2,1H3. The number of hydrogen-bond donors (Lipinski definition) is 1. The summed E-state index contributed by atoms with van der Waals surface area (Å²) in [6.07, 6.45) is 5.26. The Kier molecular flexibility index (Phi) is 3.31. The molecule has 1 heterocycles. The molecule has 2 atom stereocenters. The molecule has 1 aliphatic carbocycles. The van der Waals surface area contributed by atoms with Crippen LogP contribution in [0.25, 0.3) is 0 Å². The summed E-state index contributed by atoms with van der Waals surface area (Å²) in [5, 5.41) is 3.66. The van der Waals surface area contributed by atoms with Gasteiger partial charge in [0.25, 0.3) is 0 Å². The quantitative estimate of drug-likeness (QED) is 0.887. The van der Waals surface area contributed by atoms with Gasteiger partial charge in [-0.3, -0.25) is 0 Å². The van der Waals surface area contributed by atoms with E-state index in [4.69, 9.17) is 9.47 Å². The predicted molar refractivity (Wildman–Crippen MR) is 72.5 cm³/mol. The zero-order valence-corrected chi connectivity index (χ0v) is 10.9. The highest BCUT2D eigenvalue weighted by atomic mass is 16.6. The molecule has 1 aliphatic heterocycles. The van der Waals surface area contributed by atoms with E-state index in [0.29, 0.717) is 19.3 Å². The molecule has 3 nitrogen and oxygen atoms in total. The molecule has 18 heavy (non-hydrogen) atoms. The first-order valence-electron chi connectivity index (χ1n) is 7.03. The van der Waals surface area contributed by atoms with Gasteiger partial charge >= 0.3 is 0 Å². The zero-order valence-electron chi connectivity index (χ0n) is 10.9. The van der Waals surface area contributed by atoms with Gasteiger partial charge in [-0.25, -0.2) is 0 Å². The second-order valence-electron chi connectivity index (χ2n) is 5.21. The molecule has 3 heteroatoms. The van der Waals surface area contributed by atoms with Crippen LogP contribution in [0.1, 0.15) is 32.6 Å². The molecule has 0 amide bonds. The fourth-order valence-corrected chi connectivity index (χ4v) is 3.06. The van der Waals surface area contributed by atoms with Crippen LogP contribution in [0, 0.1) is 5.92 Å². The molecule has 1 aromatic carbocycles. The minimum absolute atomic E-state index is 0.623. The lowest BCUT2D eigenvalue weighted by Gasteiger charge is -2.23. The maximum atomic E-state index is 5.62. The summed E-state index contributed by atoms with van der Waals surface area (Å²) in [6.45, 7) is 3.59. The third-order valence-electron chi connectivity index (χ3n) is 4.08. The molecule has 2 unspecified atom stereocenters. The Balaban J connectivity index is 1.72. The van der Waals surface area contributed by atoms with Crippen molar-refractivity contribution in [3.8, 4) is 11.5 Å². The first-order chi connectivity index (χ1) is 8.86. The minimum atomic E-state index is 0.623. The summed E-state index contributed by atoms with van der Waals surface area (Å²) in [5.41, 5.74) is 1.16. The highest BCUT2D eigenvalue weighted by Crippen LogP contribution is 2.35. The van der Waals surface area contributed by atoms with Crippen molar-refractivity contribution in [2.24, 2.45) is 5.92 Å². The summed E-state index contributed by atoms with van der Waals surface area (Å²) < 4.78 is 11.2. The highest BCUT2D eigenvalue weighted by Gasteiger charge is 2.25. The smallest absolute Gasteiger partial charge is 0.163 e. The number of anilines is 1. The van der Waals surface area contributed by atoms with Crippen LogP contribution >= 0.6 is 0 Å². The maximum Gasteiger partial charge on any atom is 0.163 e. The summed E-state index contributed by atoms with van der Waals surface area (Å²) >= 11 is 0. The van der Waals surface area contributed by atoms with Crippen LogP contribution in [-0.2, 0) is 0 Å². The van der Waals surface area contributed by atoms with E-state index in [1.54, 1.807) is 0 Å². The van der Waals surface area contributed by atoms with Crippen LogP contribution in [0.2, 0.25) is 0 Å². The molecule has 1 N–H and O–H groups in total.